The van der Waals surface area contributed by atoms with E-state index in [0.29, 0.717) is 5.92 Å². The van der Waals surface area contributed by atoms with Gasteiger partial charge >= 0.3 is 0 Å². The van der Waals surface area contributed by atoms with Crippen molar-refractivity contribution in [1.82, 2.24) is 0 Å². The molecule has 0 aromatic carbocycles. The van der Waals surface area contributed by atoms with Crippen LogP contribution < -0.4 is 0 Å². The highest BCUT2D eigenvalue weighted by Crippen LogP contribution is 2.17. The third-order valence-corrected chi connectivity index (χ3v) is 2.29. The van der Waals surface area contributed by atoms with Crippen molar-refractivity contribution < 1.29 is 9.84 Å². The number of ether oxygens (including phenoxy) is 1. The lowest BCUT2D eigenvalue weighted by Crippen LogP contribution is -2.07. The quantitative estimate of drug-likeness (QED) is 0.654. The molecule has 1 unspecified atom stereocenters. The van der Waals surface area contributed by atoms with Crippen LogP contribution in [0.15, 0.2) is 11.6 Å². The van der Waals surface area contributed by atoms with E-state index in [0.717, 1.165) is 25.0 Å². The SMILES string of the molecule is CC(C)/C(=C\C1CCCO1)CO. The Morgan fingerprint density at radius 2 is 2.42 bits per heavy atom. The molecule has 0 amide bonds. The van der Waals surface area contributed by atoms with Crippen LogP contribution in [-0.4, -0.2) is 24.4 Å². The van der Waals surface area contributed by atoms with E-state index in [1.54, 1.807) is 0 Å². The summed E-state index contributed by atoms with van der Waals surface area (Å²) >= 11 is 0. The van der Waals surface area contributed by atoms with Gasteiger partial charge in [0.1, 0.15) is 0 Å². The second-order valence-electron chi connectivity index (χ2n) is 3.61. The Kier molecular flexibility index (Phi) is 3.76. The molecule has 0 saturated carbocycles. The Bertz CT molecular complexity index is 155. The number of hydrogen-bond acceptors (Lipinski definition) is 2. The molecule has 1 heterocycles. The van der Waals surface area contributed by atoms with Gasteiger partial charge in [-0.25, -0.2) is 0 Å². The minimum atomic E-state index is 0.164. The molecule has 1 saturated heterocycles. The lowest BCUT2D eigenvalue weighted by Gasteiger charge is -2.11. The van der Waals surface area contributed by atoms with Gasteiger partial charge in [-0.15, -0.1) is 0 Å². The van der Waals surface area contributed by atoms with E-state index in [1.807, 2.05) is 0 Å². The van der Waals surface area contributed by atoms with Crippen molar-refractivity contribution >= 4 is 0 Å². The van der Waals surface area contributed by atoms with Crippen molar-refractivity contribution in [3.63, 3.8) is 0 Å². The summed E-state index contributed by atoms with van der Waals surface area (Å²) in [6.45, 7) is 5.23. The predicted octanol–water partition coefficient (Wildman–Crippen LogP) is 1.74. The topological polar surface area (TPSA) is 29.5 Å². The average molecular weight is 170 g/mol. The summed E-state index contributed by atoms with van der Waals surface area (Å²) in [7, 11) is 0. The second-order valence-corrected chi connectivity index (χ2v) is 3.61. The Morgan fingerprint density at radius 1 is 1.67 bits per heavy atom. The van der Waals surface area contributed by atoms with E-state index in [2.05, 4.69) is 19.9 Å². The molecule has 0 aliphatic carbocycles. The van der Waals surface area contributed by atoms with Crippen LogP contribution >= 0.6 is 0 Å². The fourth-order valence-corrected chi connectivity index (χ4v) is 1.40. The Balaban J connectivity index is 2.50. The summed E-state index contributed by atoms with van der Waals surface area (Å²) in [5.41, 5.74) is 1.10. The van der Waals surface area contributed by atoms with Crippen LogP contribution in [0.3, 0.4) is 0 Å². The molecular formula is C10H18O2. The van der Waals surface area contributed by atoms with Crippen molar-refractivity contribution in [3.8, 4) is 0 Å². The molecule has 2 nitrogen and oxygen atoms in total. The van der Waals surface area contributed by atoms with Gasteiger partial charge < -0.3 is 9.84 Å². The van der Waals surface area contributed by atoms with Crippen molar-refractivity contribution in [2.75, 3.05) is 13.2 Å². The molecule has 1 N–H and O–H groups in total. The minimum Gasteiger partial charge on any atom is -0.392 e. The smallest absolute Gasteiger partial charge is 0.0760 e. The largest absolute Gasteiger partial charge is 0.392 e. The average Bonchev–Trinajstić information content (AvgIpc) is 2.51. The summed E-state index contributed by atoms with van der Waals surface area (Å²) < 4.78 is 5.45. The standard InChI is InChI=1S/C10H18O2/c1-8(2)9(7-11)6-10-4-3-5-12-10/h6,8,10-11H,3-5,7H2,1-2H3/b9-6-. The summed E-state index contributed by atoms with van der Waals surface area (Å²) in [6, 6.07) is 0. The highest BCUT2D eigenvalue weighted by molar-refractivity contribution is 5.08. The van der Waals surface area contributed by atoms with Crippen molar-refractivity contribution in [3.05, 3.63) is 11.6 Å². The fraction of sp³-hybridized carbons (Fsp3) is 0.800. The minimum absolute atomic E-state index is 0.164. The van der Waals surface area contributed by atoms with E-state index >= 15 is 0 Å². The molecule has 1 aliphatic heterocycles. The van der Waals surface area contributed by atoms with Gasteiger partial charge in [-0.2, -0.15) is 0 Å². The molecule has 1 aliphatic rings. The van der Waals surface area contributed by atoms with Gasteiger partial charge in [0, 0.05) is 6.61 Å². The van der Waals surface area contributed by atoms with Gasteiger partial charge in [-0.1, -0.05) is 19.9 Å². The third-order valence-electron chi connectivity index (χ3n) is 2.29. The fourth-order valence-electron chi connectivity index (χ4n) is 1.40. The van der Waals surface area contributed by atoms with Crippen LogP contribution in [0.1, 0.15) is 26.7 Å². The zero-order chi connectivity index (χ0) is 8.97. The Hall–Kier alpha value is -0.340. The monoisotopic (exact) mass is 170 g/mol. The molecule has 12 heavy (non-hydrogen) atoms. The molecule has 0 spiro atoms. The zero-order valence-electron chi connectivity index (χ0n) is 7.92. The number of hydrogen-bond donors (Lipinski definition) is 1. The lowest BCUT2D eigenvalue weighted by molar-refractivity contribution is 0.143. The van der Waals surface area contributed by atoms with Gasteiger partial charge in [0.2, 0.25) is 0 Å². The normalized spacial score (nSPS) is 25.3. The highest BCUT2D eigenvalue weighted by Gasteiger charge is 2.14. The Morgan fingerprint density at radius 3 is 2.83 bits per heavy atom. The first-order valence-electron chi connectivity index (χ1n) is 4.67. The van der Waals surface area contributed by atoms with Crippen LogP contribution in [0, 0.1) is 5.92 Å². The molecule has 1 atom stereocenters. The maximum Gasteiger partial charge on any atom is 0.0760 e. The third kappa shape index (κ3) is 2.61. The molecular weight excluding hydrogens is 152 g/mol. The molecule has 2 heteroatoms. The van der Waals surface area contributed by atoms with Gasteiger partial charge in [0.25, 0.3) is 0 Å². The van der Waals surface area contributed by atoms with Crippen LogP contribution in [0.4, 0.5) is 0 Å². The van der Waals surface area contributed by atoms with Crippen LogP contribution in [0.2, 0.25) is 0 Å². The zero-order valence-corrected chi connectivity index (χ0v) is 7.92. The van der Waals surface area contributed by atoms with Gasteiger partial charge in [0.05, 0.1) is 12.7 Å². The summed E-state index contributed by atoms with van der Waals surface area (Å²) in [6.07, 6.45) is 4.60. The second kappa shape index (κ2) is 4.63. The van der Waals surface area contributed by atoms with Gasteiger partial charge in [0.15, 0.2) is 0 Å². The van der Waals surface area contributed by atoms with Crippen molar-refractivity contribution in [2.24, 2.45) is 5.92 Å². The van der Waals surface area contributed by atoms with E-state index in [4.69, 9.17) is 9.84 Å². The summed E-state index contributed by atoms with van der Waals surface area (Å²) in [5.74, 6) is 0.430. The van der Waals surface area contributed by atoms with E-state index in [-0.39, 0.29) is 12.7 Å². The van der Waals surface area contributed by atoms with Gasteiger partial charge in [-0.3, -0.25) is 0 Å². The van der Waals surface area contributed by atoms with E-state index in [9.17, 15) is 0 Å². The van der Waals surface area contributed by atoms with E-state index in [1.165, 1.54) is 0 Å². The van der Waals surface area contributed by atoms with Crippen molar-refractivity contribution in [1.29, 1.82) is 0 Å². The maximum absolute atomic E-state index is 9.03. The van der Waals surface area contributed by atoms with Crippen LogP contribution in [-0.2, 0) is 4.74 Å². The maximum atomic E-state index is 9.03. The summed E-state index contributed by atoms with van der Waals surface area (Å²) in [5, 5.41) is 9.03. The molecule has 0 aromatic rings. The number of aliphatic hydroxyl groups excluding tert-OH is 1. The molecule has 70 valence electrons. The number of aliphatic hydroxyl groups is 1. The first-order valence-corrected chi connectivity index (χ1v) is 4.67. The predicted molar refractivity (Wildman–Crippen MR) is 49.0 cm³/mol. The first-order chi connectivity index (χ1) is 5.74. The molecule has 1 fully saturated rings. The number of rotatable bonds is 3. The molecule has 0 radical (unpaired) electrons. The molecule has 1 rings (SSSR count). The Labute approximate surface area is 74.2 Å². The van der Waals surface area contributed by atoms with Crippen LogP contribution in [0.25, 0.3) is 0 Å². The van der Waals surface area contributed by atoms with Gasteiger partial charge in [-0.05, 0) is 24.3 Å². The summed E-state index contributed by atoms with van der Waals surface area (Å²) in [4.78, 5) is 0. The lowest BCUT2D eigenvalue weighted by atomic mass is 10.0. The highest BCUT2D eigenvalue weighted by atomic mass is 16.5. The molecule has 0 aromatic heterocycles. The van der Waals surface area contributed by atoms with Crippen molar-refractivity contribution in [2.45, 2.75) is 32.8 Å². The van der Waals surface area contributed by atoms with E-state index < -0.39 is 0 Å². The van der Waals surface area contributed by atoms with Crippen LogP contribution in [0.5, 0.6) is 0 Å². The molecule has 0 bridgehead atoms. The first kappa shape index (κ1) is 9.75.